The first kappa shape index (κ1) is 7.67. The van der Waals surface area contributed by atoms with Crippen molar-refractivity contribution in [2.75, 3.05) is 0 Å². The van der Waals surface area contributed by atoms with Crippen molar-refractivity contribution >= 4 is 44.7 Å². The average molecular weight is 209 g/mol. The molecule has 0 aromatic rings. The first-order chi connectivity index (χ1) is 3.87. The summed E-state index contributed by atoms with van der Waals surface area (Å²) in [5.41, 5.74) is 0. The Hall–Kier alpha value is 0.570. The van der Waals surface area contributed by atoms with Gasteiger partial charge in [0.05, 0.1) is 0 Å². The molecule has 1 aliphatic rings. The summed E-state index contributed by atoms with van der Waals surface area (Å²) in [7, 11) is 0. The molecule has 0 bridgehead atoms. The molecule has 3 nitrogen and oxygen atoms in total. The second-order valence-corrected chi connectivity index (χ2v) is 10.8. The van der Waals surface area contributed by atoms with Crippen molar-refractivity contribution in [1.29, 1.82) is 0 Å². The number of nitrogens with zero attached hydrogens (tertiary/aromatic N) is 1. The molecule has 1 heterocycles. The third-order valence-electron chi connectivity index (χ3n) is 0.643. The number of nitrogens with one attached hydrogen (secondary N) is 1. The van der Waals surface area contributed by atoms with E-state index in [4.69, 9.17) is 38.2 Å². The predicted molar refractivity (Wildman–Crippen MR) is 41.8 cm³/mol. The van der Waals surface area contributed by atoms with Gasteiger partial charge in [-0.15, -0.1) is 0 Å². The first-order valence-electron chi connectivity index (χ1n) is 2.06. The molecule has 0 spiro atoms. The molecule has 0 saturated heterocycles. The fraction of sp³-hybridized carbons (Fsp3) is 0.500. The van der Waals surface area contributed by atoms with Crippen LogP contribution in [0.25, 0.3) is 0 Å². The van der Waals surface area contributed by atoms with Crippen LogP contribution >= 0.6 is 38.8 Å². The van der Waals surface area contributed by atoms with Gasteiger partial charge in [0.15, 0.2) is 0 Å². The van der Waals surface area contributed by atoms with Crippen LogP contribution < -0.4 is 5.20 Å². The molecule has 0 aliphatic carbocycles. The van der Waals surface area contributed by atoms with Crippen LogP contribution in [0.4, 0.5) is 0 Å². The van der Waals surface area contributed by atoms with E-state index in [-0.39, 0.29) is 0 Å². The fourth-order valence-electron chi connectivity index (χ4n) is 0.404. The topological polar surface area (TPSA) is 33.6 Å². The first-order valence-corrected chi connectivity index (χ1v) is 6.93. The molecule has 7 heteroatoms. The molecule has 0 saturated carbocycles. The Labute approximate surface area is 66.7 Å². The summed E-state index contributed by atoms with van der Waals surface area (Å²) >= 11 is 16.6. The van der Waals surface area contributed by atoms with Crippen LogP contribution in [0.5, 0.6) is 0 Å². The van der Waals surface area contributed by atoms with Gasteiger partial charge in [-0.25, -0.2) is 0 Å². The molecule has 0 radical (unpaired) electrons. The SMILES string of the molecule is CC1=NNP(Cl)(Cl)(Cl)O1. The Morgan fingerprint density at radius 2 is 2.11 bits per heavy atom. The van der Waals surface area contributed by atoms with Gasteiger partial charge in [-0.2, -0.15) is 0 Å². The molecule has 0 amide bonds. The second-order valence-electron chi connectivity index (χ2n) is 1.57. The number of hydrogen-bond acceptors (Lipinski definition) is 3. The van der Waals surface area contributed by atoms with E-state index >= 15 is 0 Å². The van der Waals surface area contributed by atoms with Crippen LogP contribution in [0.1, 0.15) is 6.92 Å². The maximum atomic E-state index is 5.53. The number of hydrazone groups is 1. The third-order valence-corrected chi connectivity index (χ3v) is 2.92. The Balaban J connectivity index is 2.76. The van der Waals surface area contributed by atoms with Crippen LogP contribution in [0.2, 0.25) is 0 Å². The van der Waals surface area contributed by atoms with Crippen molar-refractivity contribution in [3.63, 3.8) is 0 Å². The molecule has 0 aromatic heterocycles. The van der Waals surface area contributed by atoms with Crippen molar-refractivity contribution in [2.45, 2.75) is 6.92 Å². The van der Waals surface area contributed by atoms with Gasteiger partial charge >= 0.3 is 66.4 Å². The molecule has 0 fully saturated rings. The zero-order valence-corrected chi connectivity index (χ0v) is 7.60. The van der Waals surface area contributed by atoms with E-state index in [2.05, 4.69) is 10.3 Å². The Morgan fingerprint density at radius 3 is 2.22 bits per heavy atom. The van der Waals surface area contributed by atoms with E-state index in [1.165, 1.54) is 0 Å². The van der Waals surface area contributed by atoms with Gasteiger partial charge in [-0.3, -0.25) is 0 Å². The average Bonchev–Trinajstić information content (AvgIpc) is 1.78. The summed E-state index contributed by atoms with van der Waals surface area (Å²) in [4.78, 5) is 0. The monoisotopic (exact) mass is 208 g/mol. The summed E-state index contributed by atoms with van der Waals surface area (Å²) in [6, 6.07) is 0. The third kappa shape index (κ3) is 2.01. The van der Waals surface area contributed by atoms with E-state index < -0.39 is 5.04 Å². The van der Waals surface area contributed by atoms with Crippen LogP contribution in [-0.2, 0) is 4.52 Å². The summed E-state index contributed by atoms with van der Waals surface area (Å²) in [6.07, 6.45) is 0. The predicted octanol–water partition coefficient (Wildman–Crippen LogP) is 2.78. The Kier molecular flexibility index (Phi) is 1.53. The maximum absolute atomic E-state index is 5.53. The van der Waals surface area contributed by atoms with Gasteiger partial charge in [-0.1, -0.05) is 0 Å². The summed E-state index contributed by atoms with van der Waals surface area (Å²) in [6.45, 7) is 1.61. The van der Waals surface area contributed by atoms with Crippen LogP contribution in [0.15, 0.2) is 5.10 Å². The van der Waals surface area contributed by atoms with E-state index in [0.717, 1.165) is 0 Å². The molecular formula is C2H4Cl3N2OP. The van der Waals surface area contributed by atoms with Crippen molar-refractivity contribution < 1.29 is 4.52 Å². The molecule has 9 heavy (non-hydrogen) atoms. The minimum atomic E-state index is -3.59. The molecule has 1 aliphatic heterocycles. The molecule has 0 aromatic carbocycles. The Morgan fingerprint density at radius 1 is 1.56 bits per heavy atom. The fourth-order valence-corrected chi connectivity index (χ4v) is 2.45. The Bertz CT molecular complexity index is 172. The van der Waals surface area contributed by atoms with Crippen molar-refractivity contribution in [1.82, 2.24) is 5.20 Å². The molecule has 0 atom stereocenters. The number of hydrogen-bond donors (Lipinski definition) is 1. The molecule has 1 N–H and O–H groups in total. The normalized spacial score (nSPS) is 32.9. The zero-order valence-electron chi connectivity index (χ0n) is 4.44. The van der Waals surface area contributed by atoms with Crippen LogP contribution in [0.3, 0.4) is 0 Å². The van der Waals surface area contributed by atoms with Gasteiger partial charge in [0, 0.05) is 0 Å². The zero-order chi connectivity index (χ0) is 7.15. The number of rotatable bonds is 0. The summed E-state index contributed by atoms with van der Waals surface area (Å²) < 4.78 is 4.80. The van der Waals surface area contributed by atoms with E-state index in [9.17, 15) is 0 Å². The van der Waals surface area contributed by atoms with Gasteiger partial charge in [0.2, 0.25) is 0 Å². The van der Waals surface area contributed by atoms with Gasteiger partial charge in [-0.05, 0) is 0 Å². The molecular weight excluding hydrogens is 205 g/mol. The van der Waals surface area contributed by atoms with Crippen molar-refractivity contribution in [2.24, 2.45) is 5.10 Å². The number of halogens is 3. The van der Waals surface area contributed by atoms with Gasteiger partial charge in [0.1, 0.15) is 0 Å². The molecule has 0 unspecified atom stereocenters. The summed E-state index contributed by atoms with van der Waals surface area (Å²) in [5.74, 6) is 0.354. The van der Waals surface area contributed by atoms with E-state index in [0.29, 0.717) is 5.90 Å². The minimum absolute atomic E-state index is 0.354. The second kappa shape index (κ2) is 1.79. The quantitative estimate of drug-likeness (QED) is 0.622. The summed E-state index contributed by atoms with van der Waals surface area (Å²) in [5, 5.41) is 2.29. The van der Waals surface area contributed by atoms with Crippen molar-refractivity contribution in [3.8, 4) is 0 Å². The van der Waals surface area contributed by atoms with E-state index in [1.807, 2.05) is 0 Å². The molecule has 54 valence electrons. The van der Waals surface area contributed by atoms with Gasteiger partial charge < -0.3 is 0 Å². The van der Waals surface area contributed by atoms with Crippen LogP contribution in [0, 0.1) is 0 Å². The van der Waals surface area contributed by atoms with E-state index in [1.54, 1.807) is 6.92 Å². The van der Waals surface area contributed by atoms with Crippen LogP contribution in [-0.4, -0.2) is 5.90 Å². The molecule has 1 rings (SSSR count). The van der Waals surface area contributed by atoms with Gasteiger partial charge in [0.25, 0.3) is 0 Å². The van der Waals surface area contributed by atoms with Crippen molar-refractivity contribution in [3.05, 3.63) is 0 Å². The standard InChI is InChI=1S/C2H4Cl3N2OP/c1-2-6-7-9(3,4,5)8-2/h7H,1H3.